The van der Waals surface area contributed by atoms with Crippen LogP contribution in [0.2, 0.25) is 0 Å². The lowest BCUT2D eigenvalue weighted by Gasteiger charge is -2.23. The Morgan fingerprint density at radius 1 is 1.03 bits per heavy atom. The highest BCUT2D eigenvalue weighted by molar-refractivity contribution is 6.05. The molecule has 1 heterocycles. The quantitative estimate of drug-likeness (QED) is 0.686. The average molecular weight is 419 g/mol. The van der Waals surface area contributed by atoms with Crippen LogP contribution >= 0.6 is 0 Å². The van der Waals surface area contributed by atoms with Gasteiger partial charge in [-0.3, -0.25) is 14.8 Å². The first-order chi connectivity index (χ1) is 13.7. The molecule has 30 heavy (non-hydrogen) atoms. The van der Waals surface area contributed by atoms with Gasteiger partial charge in [0.25, 0.3) is 5.91 Å². The predicted octanol–water partition coefficient (Wildman–Crippen LogP) is 5.50. The van der Waals surface area contributed by atoms with Crippen LogP contribution in [0.1, 0.15) is 77.5 Å². The molecule has 0 atom stereocenters. The summed E-state index contributed by atoms with van der Waals surface area (Å²) in [6.45, 7) is 15.3. The molecule has 0 bridgehead atoms. The van der Waals surface area contributed by atoms with Gasteiger partial charge in [0, 0.05) is 5.69 Å². The summed E-state index contributed by atoms with van der Waals surface area (Å²) in [6.07, 6.45) is -0.705. The van der Waals surface area contributed by atoms with Gasteiger partial charge < -0.3 is 10.1 Å². The number of halogens is 1. The largest absolute Gasteiger partial charge is 0.444 e. The van der Waals surface area contributed by atoms with E-state index in [9.17, 15) is 14.0 Å². The summed E-state index contributed by atoms with van der Waals surface area (Å²) < 4.78 is 20.9. The molecule has 2 N–H and O–H groups in total. The molecule has 2 rings (SSSR count). The normalized spacial score (nSPS) is 12.1. The number of amides is 2. The second-order valence-electron chi connectivity index (χ2n) is 9.46. The lowest BCUT2D eigenvalue weighted by atomic mass is 10.1. The minimum atomic E-state index is -0.705. The highest BCUT2D eigenvalue weighted by atomic mass is 19.1. The summed E-state index contributed by atoms with van der Waals surface area (Å²) in [5.41, 5.74) is 0.460. The van der Waals surface area contributed by atoms with Crippen molar-refractivity contribution < 1.29 is 18.7 Å². The maximum Gasteiger partial charge on any atom is 0.412 e. The topological polar surface area (TPSA) is 85.2 Å². The van der Waals surface area contributed by atoms with Crippen LogP contribution in [0.3, 0.4) is 0 Å². The molecule has 0 unspecified atom stereocenters. The van der Waals surface area contributed by atoms with Crippen LogP contribution in [0.15, 0.2) is 24.3 Å². The first kappa shape index (κ1) is 23.4. The van der Waals surface area contributed by atoms with Gasteiger partial charge in [-0.15, -0.1) is 0 Å². The highest BCUT2D eigenvalue weighted by Crippen LogP contribution is 2.26. The highest BCUT2D eigenvalue weighted by Gasteiger charge is 2.24. The molecule has 1 aromatic carbocycles. The molecule has 8 heteroatoms. The number of carbonyl (C=O) groups excluding carboxylic acids is 2. The molecule has 0 saturated heterocycles. The molecule has 0 aliphatic heterocycles. The number of aromatic nitrogens is 2. The molecule has 7 nitrogen and oxygen atoms in total. The van der Waals surface area contributed by atoms with Gasteiger partial charge in [0.2, 0.25) is 0 Å². The fourth-order valence-electron chi connectivity index (χ4n) is 2.78. The second kappa shape index (κ2) is 8.45. The van der Waals surface area contributed by atoms with Crippen molar-refractivity contribution in [3.05, 3.63) is 41.5 Å². The third kappa shape index (κ3) is 6.05. The van der Waals surface area contributed by atoms with Crippen LogP contribution in [0, 0.1) is 5.82 Å². The van der Waals surface area contributed by atoms with E-state index in [1.807, 2.05) is 39.3 Å². The summed E-state index contributed by atoms with van der Waals surface area (Å²) in [5, 5.41) is 9.64. The van der Waals surface area contributed by atoms with Crippen LogP contribution < -0.4 is 10.6 Å². The summed E-state index contributed by atoms with van der Waals surface area (Å²) in [4.78, 5) is 25.0. The minimum absolute atomic E-state index is 0.113. The summed E-state index contributed by atoms with van der Waals surface area (Å²) in [6, 6.07) is 5.41. The molecule has 2 amide bonds. The Bertz CT molecular complexity index is 937. The number of hydrogen-bond acceptors (Lipinski definition) is 4. The van der Waals surface area contributed by atoms with Crippen molar-refractivity contribution in [3.63, 3.8) is 0 Å². The number of hydrogen-bond donors (Lipinski definition) is 2. The Morgan fingerprint density at radius 3 is 2.17 bits per heavy atom. The Balaban J connectivity index is 2.31. The van der Waals surface area contributed by atoms with Crippen molar-refractivity contribution in [1.29, 1.82) is 0 Å². The number of ether oxygens (including phenoxy) is 1. The van der Waals surface area contributed by atoms with E-state index in [0.717, 1.165) is 11.8 Å². The van der Waals surface area contributed by atoms with Crippen molar-refractivity contribution >= 4 is 23.4 Å². The van der Waals surface area contributed by atoms with Crippen molar-refractivity contribution in [2.45, 2.75) is 72.4 Å². The van der Waals surface area contributed by atoms with Crippen molar-refractivity contribution in [2.75, 3.05) is 10.6 Å². The number of nitrogens with one attached hydrogen (secondary N) is 2. The molecule has 2 aromatic rings. The fraction of sp³-hybridized carbons (Fsp3) is 0.500. The SMILES string of the molecule is CC(C)c1cc(C(=O)Nc2cc(F)ccc2NC(=O)OC(C)(C)C)nn1C(C)(C)C. The monoisotopic (exact) mass is 418 g/mol. The zero-order valence-electron chi connectivity index (χ0n) is 18.9. The van der Waals surface area contributed by atoms with Crippen LogP contribution in [-0.2, 0) is 10.3 Å². The van der Waals surface area contributed by atoms with Gasteiger partial charge in [-0.2, -0.15) is 5.10 Å². The van der Waals surface area contributed by atoms with Crippen LogP contribution in [-0.4, -0.2) is 27.4 Å². The lowest BCUT2D eigenvalue weighted by molar-refractivity contribution is 0.0635. The molecule has 0 radical (unpaired) electrons. The lowest BCUT2D eigenvalue weighted by Crippen LogP contribution is -2.28. The van der Waals surface area contributed by atoms with Gasteiger partial charge in [0.15, 0.2) is 5.69 Å². The molecular formula is C22H31FN4O3. The fourth-order valence-corrected chi connectivity index (χ4v) is 2.78. The van der Waals surface area contributed by atoms with Gasteiger partial charge in [-0.1, -0.05) is 13.8 Å². The maximum atomic E-state index is 13.8. The average Bonchev–Trinajstić information content (AvgIpc) is 3.01. The third-order valence-corrected chi connectivity index (χ3v) is 4.06. The molecule has 0 aliphatic carbocycles. The Morgan fingerprint density at radius 2 is 1.67 bits per heavy atom. The molecular weight excluding hydrogens is 387 g/mol. The van der Waals surface area contributed by atoms with Gasteiger partial charge in [-0.25, -0.2) is 9.18 Å². The van der Waals surface area contributed by atoms with E-state index in [1.54, 1.807) is 26.8 Å². The zero-order chi connectivity index (χ0) is 22.9. The Hall–Kier alpha value is -2.90. The van der Waals surface area contributed by atoms with Crippen molar-refractivity contribution in [1.82, 2.24) is 9.78 Å². The maximum absolute atomic E-state index is 13.8. The van der Waals surface area contributed by atoms with Gasteiger partial charge in [0.1, 0.15) is 11.4 Å². The zero-order valence-corrected chi connectivity index (χ0v) is 18.9. The predicted molar refractivity (Wildman–Crippen MR) is 116 cm³/mol. The van der Waals surface area contributed by atoms with E-state index in [4.69, 9.17) is 4.74 Å². The number of anilines is 2. The van der Waals surface area contributed by atoms with Crippen LogP contribution in [0.5, 0.6) is 0 Å². The second-order valence-corrected chi connectivity index (χ2v) is 9.46. The van der Waals surface area contributed by atoms with E-state index in [0.29, 0.717) is 0 Å². The first-order valence-electron chi connectivity index (χ1n) is 9.89. The van der Waals surface area contributed by atoms with E-state index in [1.165, 1.54) is 12.1 Å². The van der Waals surface area contributed by atoms with Gasteiger partial charge in [0.05, 0.1) is 16.9 Å². The molecule has 0 aliphatic rings. The Labute approximate surface area is 177 Å². The van der Waals surface area contributed by atoms with Crippen LogP contribution in [0.25, 0.3) is 0 Å². The third-order valence-electron chi connectivity index (χ3n) is 4.06. The molecule has 0 fully saturated rings. The molecule has 0 spiro atoms. The summed E-state index contributed by atoms with van der Waals surface area (Å²) in [5.74, 6) is -0.891. The van der Waals surface area contributed by atoms with Gasteiger partial charge in [-0.05, 0) is 71.7 Å². The number of benzene rings is 1. The van der Waals surface area contributed by atoms with Crippen molar-refractivity contribution in [3.8, 4) is 0 Å². The molecule has 1 aromatic heterocycles. The minimum Gasteiger partial charge on any atom is -0.444 e. The summed E-state index contributed by atoms with van der Waals surface area (Å²) >= 11 is 0. The van der Waals surface area contributed by atoms with Gasteiger partial charge >= 0.3 is 6.09 Å². The number of rotatable bonds is 4. The van der Waals surface area contributed by atoms with E-state index < -0.39 is 23.4 Å². The summed E-state index contributed by atoms with van der Waals surface area (Å²) in [7, 11) is 0. The van der Waals surface area contributed by atoms with E-state index in [2.05, 4.69) is 15.7 Å². The van der Waals surface area contributed by atoms with Crippen molar-refractivity contribution in [2.24, 2.45) is 0 Å². The van der Waals surface area contributed by atoms with E-state index in [-0.39, 0.29) is 28.5 Å². The number of nitrogens with zero attached hydrogens (tertiary/aromatic N) is 2. The Kier molecular flexibility index (Phi) is 6.59. The standard InChI is InChI=1S/C22H31FN4O3/c1-13(2)18-12-17(26-27(18)21(3,4)5)19(28)24-16-11-14(23)9-10-15(16)25-20(29)30-22(6,7)8/h9-13H,1-8H3,(H,24,28)(H,25,29). The first-order valence-corrected chi connectivity index (χ1v) is 9.89. The van der Waals surface area contributed by atoms with Crippen LogP contribution in [0.4, 0.5) is 20.6 Å². The molecule has 0 saturated carbocycles. The smallest absolute Gasteiger partial charge is 0.412 e. The number of carbonyl (C=O) groups is 2. The van der Waals surface area contributed by atoms with E-state index >= 15 is 0 Å². The molecule has 164 valence electrons.